The van der Waals surface area contributed by atoms with Crippen molar-refractivity contribution >= 4 is 10.9 Å². The van der Waals surface area contributed by atoms with Crippen molar-refractivity contribution in [1.29, 1.82) is 0 Å². The summed E-state index contributed by atoms with van der Waals surface area (Å²) in [6, 6.07) is 6.48. The summed E-state index contributed by atoms with van der Waals surface area (Å²) in [5.74, 6) is 0. The van der Waals surface area contributed by atoms with Gasteiger partial charge in [-0.05, 0) is 44.4 Å². The number of aromatic amines is 1. The lowest BCUT2D eigenvalue weighted by atomic mass is 10.0. The van der Waals surface area contributed by atoms with E-state index in [0.29, 0.717) is 6.54 Å². The predicted octanol–water partition coefficient (Wildman–Crippen LogP) is 3.18. The van der Waals surface area contributed by atoms with Crippen LogP contribution in [0.4, 0.5) is 0 Å². The zero-order valence-electron chi connectivity index (χ0n) is 10.6. The zero-order chi connectivity index (χ0) is 12.3. The summed E-state index contributed by atoms with van der Waals surface area (Å²) in [4.78, 5) is 3.38. The lowest BCUT2D eigenvalue weighted by molar-refractivity contribution is 0.976. The summed E-state index contributed by atoms with van der Waals surface area (Å²) in [6.45, 7) is 4.97. The smallest absolute Gasteiger partial charge is 0.0492 e. The van der Waals surface area contributed by atoms with Gasteiger partial charge in [0.25, 0.3) is 0 Å². The molecule has 1 heterocycles. The molecule has 0 aliphatic rings. The molecule has 17 heavy (non-hydrogen) atoms. The predicted molar refractivity (Wildman–Crippen MR) is 74.2 cm³/mol. The topological polar surface area (TPSA) is 41.8 Å². The second-order valence-corrected chi connectivity index (χ2v) is 4.68. The Balaban J connectivity index is 2.41. The van der Waals surface area contributed by atoms with E-state index in [1.165, 1.54) is 27.6 Å². The fourth-order valence-corrected chi connectivity index (χ4v) is 2.12. The standard InChI is InChI=1S/C15H20N2/c1-11(2)6-7-12-4-3-5-14-13(8-9-16)10-17-15(12)14/h3-6,10,17H,7-9,16H2,1-2H3. The normalized spacial score (nSPS) is 10.8. The molecule has 0 bridgehead atoms. The molecule has 0 saturated heterocycles. The minimum Gasteiger partial charge on any atom is -0.361 e. The van der Waals surface area contributed by atoms with Gasteiger partial charge in [-0.25, -0.2) is 0 Å². The number of para-hydroxylation sites is 1. The van der Waals surface area contributed by atoms with E-state index in [0.717, 1.165) is 12.8 Å². The van der Waals surface area contributed by atoms with Crippen LogP contribution in [0.15, 0.2) is 36.0 Å². The van der Waals surface area contributed by atoms with E-state index < -0.39 is 0 Å². The van der Waals surface area contributed by atoms with Gasteiger partial charge in [-0.2, -0.15) is 0 Å². The van der Waals surface area contributed by atoms with Gasteiger partial charge in [0, 0.05) is 17.1 Å². The molecule has 0 unspecified atom stereocenters. The van der Waals surface area contributed by atoms with Gasteiger partial charge < -0.3 is 10.7 Å². The number of benzene rings is 1. The molecule has 0 spiro atoms. The van der Waals surface area contributed by atoms with Crippen LogP contribution in [0.1, 0.15) is 25.0 Å². The second kappa shape index (κ2) is 5.19. The van der Waals surface area contributed by atoms with E-state index in [-0.39, 0.29) is 0 Å². The van der Waals surface area contributed by atoms with Crippen LogP contribution in [-0.4, -0.2) is 11.5 Å². The van der Waals surface area contributed by atoms with Crippen molar-refractivity contribution in [3.63, 3.8) is 0 Å². The number of allylic oxidation sites excluding steroid dienone is 2. The summed E-state index contributed by atoms with van der Waals surface area (Å²) in [5, 5.41) is 1.31. The van der Waals surface area contributed by atoms with Crippen LogP contribution in [0.3, 0.4) is 0 Å². The number of nitrogens with one attached hydrogen (secondary N) is 1. The first-order valence-corrected chi connectivity index (χ1v) is 6.13. The monoisotopic (exact) mass is 228 g/mol. The van der Waals surface area contributed by atoms with Gasteiger partial charge in [0.1, 0.15) is 0 Å². The molecule has 90 valence electrons. The largest absolute Gasteiger partial charge is 0.361 e. The van der Waals surface area contributed by atoms with E-state index in [2.05, 4.69) is 49.3 Å². The fraction of sp³-hybridized carbons (Fsp3) is 0.333. The molecule has 2 heteroatoms. The van der Waals surface area contributed by atoms with E-state index in [1.54, 1.807) is 0 Å². The van der Waals surface area contributed by atoms with Crippen molar-refractivity contribution in [2.45, 2.75) is 26.7 Å². The summed E-state index contributed by atoms with van der Waals surface area (Å²) >= 11 is 0. The maximum Gasteiger partial charge on any atom is 0.0492 e. The Bertz CT molecular complexity index is 531. The molecule has 0 amide bonds. The Morgan fingerprint density at radius 1 is 1.29 bits per heavy atom. The third kappa shape index (κ3) is 2.59. The van der Waals surface area contributed by atoms with Crippen LogP contribution < -0.4 is 5.73 Å². The molecule has 2 rings (SSSR count). The van der Waals surface area contributed by atoms with Crippen molar-refractivity contribution in [1.82, 2.24) is 4.98 Å². The highest BCUT2D eigenvalue weighted by Gasteiger charge is 2.05. The molecule has 0 aliphatic carbocycles. The summed E-state index contributed by atoms with van der Waals surface area (Å²) in [7, 11) is 0. The number of hydrogen-bond donors (Lipinski definition) is 2. The number of nitrogens with two attached hydrogens (primary N) is 1. The minimum atomic E-state index is 0.700. The van der Waals surface area contributed by atoms with Crippen molar-refractivity contribution in [3.8, 4) is 0 Å². The Morgan fingerprint density at radius 3 is 2.82 bits per heavy atom. The quantitative estimate of drug-likeness (QED) is 0.775. The number of aromatic nitrogens is 1. The molecule has 0 saturated carbocycles. The summed E-state index contributed by atoms with van der Waals surface area (Å²) in [6.07, 6.45) is 6.27. The van der Waals surface area contributed by atoms with Crippen LogP contribution in [-0.2, 0) is 12.8 Å². The van der Waals surface area contributed by atoms with Gasteiger partial charge in [-0.15, -0.1) is 0 Å². The third-order valence-corrected chi connectivity index (χ3v) is 3.03. The highest BCUT2D eigenvalue weighted by Crippen LogP contribution is 2.22. The van der Waals surface area contributed by atoms with Gasteiger partial charge in [0.15, 0.2) is 0 Å². The molecule has 1 aromatic carbocycles. The number of hydrogen-bond acceptors (Lipinski definition) is 1. The maximum atomic E-state index is 5.62. The van der Waals surface area contributed by atoms with Crippen LogP contribution in [0, 0.1) is 0 Å². The van der Waals surface area contributed by atoms with Crippen LogP contribution >= 0.6 is 0 Å². The second-order valence-electron chi connectivity index (χ2n) is 4.68. The van der Waals surface area contributed by atoms with Crippen LogP contribution in [0.2, 0.25) is 0 Å². The summed E-state index contributed by atoms with van der Waals surface area (Å²) < 4.78 is 0. The minimum absolute atomic E-state index is 0.700. The zero-order valence-corrected chi connectivity index (χ0v) is 10.6. The molecule has 1 aromatic heterocycles. The molecule has 0 atom stereocenters. The molecule has 3 N–H and O–H groups in total. The van der Waals surface area contributed by atoms with Gasteiger partial charge in [-0.3, -0.25) is 0 Å². The SMILES string of the molecule is CC(C)=CCc1cccc2c(CCN)c[nH]c12. The molecule has 0 fully saturated rings. The highest BCUT2D eigenvalue weighted by molar-refractivity contribution is 5.86. The van der Waals surface area contributed by atoms with Crippen LogP contribution in [0.25, 0.3) is 10.9 Å². The maximum absolute atomic E-state index is 5.62. The van der Waals surface area contributed by atoms with E-state index >= 15 is 0 Å². The van der Waals surface area contributed by atoms with E-state index in [4.69, 9.17) is 5.73 Å². The average Bonchev–Trinajstić information content (AvgIpc) is 2.71. The Labute approximate surface area is 103 Å². The molecule has 2 aromatic rings. The van der Waals surface area contributed by atoms with Crippen LogP contribution in [0.5, 0.6) is 0 Å². The molecular weight excluding hydrogens is 208 g/mol. The Morgan fingerprint density at radius 2 is 2.12 bits per heavy atom. The lowest BCUT2D eigenvalue weighted by Crippen LogP contribution is -2.01. The van der Waals surface area contributed by atoms with Crippen molar-refractivity contribution in [3.05, 3.63) is 47.2 Å². The van der Waals surface area contributed by atoms with E-state index in [9.17, 15) is 0 Å². The fourth-order valence-electron chi connectivity index (χ4n) is 2.12. The first-order chi connectivity index (χ1) is 8.22. The Hall–Kier alpha value is -1.54. The number of H-pyrrole nitrogens is 1. The van der Waals surface area contributed by atoms with Gasteiger partial charge in [0.05, 0.1) is 0 Å². The van der Waals surface area contributed by atoms with Crippen molar-refractivity contribution < 1.29 is 0 Å². The van der Waals surface area contributed by atoms with Crippen molar-refractivity contribution in [2.75, 3.05) is 6.54 Å². The van der Waals surface area contributed by atoms with Gasteiger partial charge >= 0.3 is 0 Å². The molecule has 0 radical (unpaired) electrons. The molecule has 2 nitrogen and oxygen atoms in total. The first kappa shape index (κ1) is 11.9. The summed E-state index contributed by atoms with van der Waals surface area (Å²) in [5.41, 5.74) is 10.9. The lowest BCUT2D eigenvalue weighted by Gasteiger charge is -2.01. The van der Waals surface area contributed by atoms with Gasteiger partial charge in [-0.1, -0.05) is 29.8 Å². The molecular formula is C15H20N2. The average molecular weight is 228 g/mol. The highest BCUT2D eigenvalue weighted by atomic mass is 14.7. The number of rotatable bonds is 4. The van der Waals surface area contributed by atoms with E-state index in [1.807, 2.05) is 0 Å². The molecule has 0 aliphatic heterocycles. The Kier molecular flexibility index (Phi) is 3.64. The van der Waals surface area contributed by atoms with Crippen molar-refractivity contribution in [2.24, 2.45) is 5.73 Å². The number of fused-ring (bicyclic) bond motifs is 1. The van der Waals surface area contributed by atoms with Gasteiger partial charge in [0.2, 0.25) is 0 Å². The first-order valence-electron chi connectivity index (χ1n) is 6.13. The third-order valence-electron chi connectivity index (χ3n) is 3.03.